The van der Waals surface area contributed by atoms with E-state index in [9.17, 15) is 4.79 Å². The normalized spacial score (nSPS) is 23.5. The minimum Gasteiger partial charge on any atom is -0.444 e. The number of anilines is 1. The van der Waals surface area contributed by atoms with E-state index < -0.39 is 5.60 Å². The Kier molecular flexibility index (Phi) is 6.44. The highest BCUT2D eigenvalue weighted by atomic mass is 16.6. The van der Waals surface area contributed by atoms with E-state index in [4.69, 9.17) is 4.74 Å². The number of aromatic nitrogens is 2. The molecule has 2 aliphatic rings. The van der Waals surface area contributed by atoms with Crippen molar-refractivity contribution in [3.05, 3.63) is 30.1 Å². The van der Waals surface area contributed by atoms with Gasteiger partial charge in [-0.05, 0) is 63.1 Å². The lowest BCUT2D eigenvalue weighted by Gasteiger charge is -2.36. The largest absolute Gasteiger partial charge is 0.444 e. The summed E-state index contributed by atoms with van der Waals surface area (Å²) < 4.78 is 7.59. The van der Waals surface area contributed by atoms with E-state index in [0.29, 0.717) is 19.0 Å². The third kappa shape index (κ3) is 5.34. The molecule has 2 fully saturated rings. The molecule has 2 aromatic heterocycles. The second-order valence-corrected chi connectivity index (χ2v) is 10.4. The van der Waals surface area contributed by atoms with E-state index in [1.807, 2.05) is 36.4 Å². The van der Waals surface area contributed by atoms with Gasteiger partial charge in [0.25, 0.3) is 0 Å². The molecule has 4 rings (SSSR count). The maximum atomic E-state index is 12.4. The molecule has 0 aromatic carbocycles. The SMILES string of the molecule is CC1CCCCCC(c2cc3c(N4CCN(C(=O)OC(C)(C)C)CC4)ccnn3c2)C1. The van der Waals surface area contributed by atoms with Crippen LogP contribution >= 0.6 is 0 Å². The molecule has 3 heterocycles. The molecule has 6 heteroatoms. The number of amides is 1. The predicted octanol–water partition coefficient (Wildman–Crippen LogP) is 5.47. The van der Waals surface area contributed by atoms with Crippen molar-refractivity contribution in [1.82, 2.24) is 14.5 Å². The van der Waals surface area contributed by atoms with E-state index >= 15 is 0 Å². The summed E-state index contributed by atoms with van der Waals surface area (Å²) in [5.74, 6) is 1.43. The van der Waals surface area contributed by atoms with E-state index in [1.165, 1.54) is 55.3 Å². The number of rotatable bonds is 2. The Balaban J connectivity index is 1.48. The highest BCUT2D eigenvalue weighted by molar-refractivity contribution is 5.74. The van der Waals surface area contributed by atoms with Crippen molar-refractivity contribution < 1.29 is 9.53 Å². The first-order valence-corrected chi connectivity index (χ1v) is 12.0. The number of hydrogen-bond donors (Lipinski definition) is 0. The summed E-state index contributed by atoms with van der Waals surface area (Å²) in [5, 5.41) is 4.60. The van der Waals surface area contributed by atoms with Crippen LogP contribution in [0.15, 0.2) is 24.5 Å². The maximum Gasteiger partial charge on any atom is 0.410 e. The molecule has 1 aliphatic heterocycles. The van der Waals surface area contributed by atoms with E-state index in [1.54, 1.807) is 0 Å². The fourth-order valence-corrected chi connectivity index (χ4v) is 5.05. The van der Waals surface area contributed by atoms with Crippen molar-refractivity contribution in [2.45, 2.75) is 77.7 Å². The van der Waals surface area contributed by atoms with Crippen LogP contribution < -0.4 is 4.90 Å². The van der Waals surface area contributed by atoms with Gasteiger partial charge in [-0.2, -0.15) is 5.10 Å². The molecule has 1 saturated heterocycles. The zero-order chi connectivity index (χ0) is 22.0. The monoisotopic (exact) mass is 426 g/mol. The Morgan fingerprint density at radius 3 is 2.58 bits per heavy atom. The molecule has 31 heavy (non-hydrogen) atoms. The third-order valence-electron chi connectivity index (χ3n) is 6.69. The molecule has 170 valence electrons. The second kappa shape index (κ2) is 9.09. The van der Waals surface area contributed by atoms with Crippen molar-refractivity contribution in [2.75, 3.05) is 31.1 Å². The minimum atomic E-state index is -0.456. The first-order chi connectivity index (χ1) is 14.8. The number of hydrogen-bond acceptors (Lipinski definition) is 4. The van der Waals surface area contributed by atoms with Gasteiger partial charge in [-0.15, -0.1) is 0 Å². The summed E-state index contributed by atoms with van der Waals surface area (Å²) in [5.41, 5.74) is 3.37. The maximum absolute atomic E-state index is 12.4. The van der Waals surface area contributed by atoms with Crippen LogP contribution in [0.1, 0.15) is 77.7 Å². The van der Waals surface area contributed by atoms with Crippen LogP contribution in [0.25, 0.3) is 5.52 Å². The predicted molar refractivity (Wildman–Crippen MR) is 125 cm³/mol. The topological polar surface area (TPSA) is 50.1 Å². The standard InChI is InChI=1S/C25H38N4O2/c1-19-8-6-5-7-9-20(16-19)21-17-23-22(10-11-26-29(23)18-21)27-12-14-28(15-13-27)24(30)31-25(2,3)4/h10-11,17-20H,5-9,12-16H2,1-4H3. The Morgan fingerprint density at radius 1 is 1.10 bits per heavy atom. The van der Waals surface area contributed by atoms with Crippen LogP contribution in [0.2, 0.25) is 0 Å². The van der Waals surface area contributed by atoms with Crippen molar-refractivity contribution in [3.8, 4) is 0 Å². The fourth-order valence-electron chi connectivity index (χ4n) is 5.05. The molecule has 0 spiro atoms. The van der Waals surface area contributed by atoms with Gasteiger partial charge < -0.3 is 14.5 Å². The molecule has 6 nitrogen and oxygen atoms in total. The Bertz CT molecular complexity index is 893. The zero-order valence-corrected chi connectivity index (χ0v) is 19.6. The number of carbonyl (C=O) groups excluding carboxylic acids is 1. The molecule has 0 radical (unpaired) electrons. The quantitative estimate of drug-likeness (QED) is 0.639. The molecule has 0 N–H and O–H groups in total. The lowest BCUT2D eigenvalue weighted by Crippen LogP contribution is -2.50. The van der Waals surface area contributed by atoms with Crippen molar-refractivity contribution in [2.24, 2.45) is 5.92 Å². The molecule has 0 bridgehead atoms. The smallest absolute Gasteiger partial charge is 0.410 e. The van der Waals surface area contributed by atoms with Crippen LogP contribution in [-0.2, 0) is 4.74 Å². The van der Waals surface area contributed by atoms with Gasteiger partial charge in [-0.3, -0.25) is 0 Å². The second-order valence-electron chi connectivity index (χ2n) is 10.4. The molecule has 1 saturated carbocycles. The fraction of sp³-hybridized carbons (Fsp3) is 0.680. The van der Waals surface area contributed by atoms with Gasteiger partial charge in [-0.1, -0.05) is 32.6 Å². The van der Waals surface area contributed by atoms with Crippen molar-refractivity contribution >= 4 is 17.3 Å². The van der Waals surface area contributed by atoms with Crippen LogP contribution in [0, 0.1) is 5.92 Å². The van der Waals surface area contributed by atoms with Gasteiger partial charge in [-0.25, -0.2) is 9.31 Å². The van der Waals surface area contributed by atoms with Crippen LogP contribution in [0.5, 0.6) is 0 Å². The Labute approximate surface area is 186 Å². The van der Waals surface area contributed by atoms with Crippen LogP contribution in [0.4, 0.5) is 10.5 Å². The summed E-state index contributed by atoms with van der Waals surface area (Å²) in [4.78, 5) is 16.6. The lowest BCUT2D eigenvalue weighted by molar-refractivity contribution is 0.0240. The highest BCUT2D eigenvalue weighted by Gasteiger charge is 2.27. The van der Waals surface area contributed by atoms with Gasteiger partial charge >= 0.3 is 6.09 Å². The van der Waals surface area contributed by atoms with Gasteiger partial charge in [0, 0.05) is 38.6 Å². The average Bonchev–Trinajstić information content (AvgIpc) is 3.13. The Morgan fingerprint density at radius 2 is 1.84 bits per heavy atom. The van der Waals surface area contributed by atoms with E-state index in [2.05, 4.69) is 35.3 Å². The molecular formula is C25H38N4O2. The van der Waals surface area contributed by atoms with Gasteiger partial charge in [0.2, 0.25) is 0 Å². The number of piperazine rings is 1. The average molecular weight is 427 g/mol. The third-order valence-corrected chi connectivity index (χ3v) is 6.69. The Hall–Kier alpha value is -2.24. The van der Waals surface area contributed by atoms with Gasteiger partial charge in [0.05, 0.1) is 11.2 Å². The minimum absolute atomic E-state index is 0.213. The zero-order valence-electron chi connectivity index (χ0n) is 19.6. The number of carbonyl (C=O) groups is 1. The molecular weight excluding hydrogens is 388 g/mol. The van der Waals surface area contributed by atoms with E-state index in [0.717, 1.165) is 19.0 Å². The summed E-state index contributed by atoms with van der Waals surface area (Å²) in [6.45, 7) is 11.1. The number of fused-ring (bicyclic) bond motifs is 1. The number of nitrogens with zero attached hydrogens (tertiary/aromatic N) is 4. The molecule has 2 unspecified atom stereocenters. The van der Waals surface area contributed by atoms with Crippen LogP contribution in [0.3, 0.4) is 0 Å². The highest BCUT2D eigenvalue weighted by Crippen LogP contribution is 2.36. The van der Waals surface area contributed by atoms with E-state index in [-0.39, 0.29) is 6.09 Å². The molecule has 1 aliphatic carbocycles. The summed E-state index contributed by atoms with van der Waals surface area (Å²) >= 11 is 0. The van der Waals surface area contributed by atoms with Crippen LogP contribution in [-0.4, -0.2) is 52.4 Å². The summed E-state index contributed by atoms with van der Waals surface area (Å²) in [7, 11) is 0. The first kappa shape index (κ1) is 22.0. The lowest BCUT2D eigenvalue weighted by atomic mass is 9.82. The summed E-state index contributed by atoms with van der Waals surface area (Å²) in [6, 6.07) is 4.48. The van der Waals surface area contributed by atoms with Gasteiger partial charge in [0.15, 0.2) is 0 Å². The molecule has 2 atom stereocenters. The van der Waals surface area contributed by atoms with Crippen molar-refractivity contribution in [1.29, 1.82) is 0 Å². The van der Waals surface area contributed by atoms with Crippen molar-refractivity contribution in [3.63, 3.8) is 0 Å². The number of ether oxygens (including phenoxy) is 1. The molecule has 1 amide bonds. The molecule has 2 aromatic rings. The van der Waals surface area contributed by atoms with Gasteiger partial charge in [0.1, 0.15) is 5.60 Å². The first-order valence-electron chi connectivity index (χ1n) is 12.0. The summed E-state index contributed by atoms with van der Waals surface area (Å²) in [6.07, 6.45) is 11.9.